The molecule has 2 N–H and O–H groups in total. The largest absolute Gasteiger partial charge is 0.326 e. The molecule has 1 unspecified atom stereocenters. The van der Waals surface area contributed by atoms with E-state index in [0.717, 1.165) is 12.8 Å². The Labute approximate surface area is 87.0 Å². The van der Waals surface area contributed by atoms with Crippen molar-refractivity contribution in [2.24, 2.45) is 11.7 Å². The van der Waals surface area contributed by atoms with Crippen LogP contribution in [0.3, 0.4) is 0 Å². The topological polar surface area (TPSA) is 60.2 Å². The van der Waals surface area contributed by atoms with Crippen molar-refractivity contribution in [3.8, 4) is 0 Å². The molecule has 0 aromatic rings. The third-order valence-electron chi connectivity index (χ3n) is 3.29. The Morgan fingerprint density at radius 1 is 1.43 bits per heavy atom. The van der Waals surface area contributed by atoms with E-state index in [-0.39, 0.29) is 11.5 Å². The van der Waals surface area contributed by atoms with E-state index >= 15 is 0 Å². The van der Waals surface area contributed by atoms with Crippen molar-refractivity contribution >= 4 is 9.84 Å². The van der Waals surface area contributed by atoms with Gasteiger partial charge in [-0.1, -0.05) is 0 Å². The van der Waals surface area contributed by atoms with E-state index in [4.69, 9.17) is 5.73 Å². The second-order valence-corrected chi connectivity index (χ2v) is 8.29. The second-order valence-electron chi connectivity index (χ2n) is 5.60. The van der Waals surface area contributed by atoms with Gasteiger partial charge < -0.3 is 5.73 Å². The van der Waals surface area contributed by atoms with Gasteiger partial charge in [0.2, 0.25) is 0 Å². The Balaban J connectivity index is 2.86. The predicted octanol–water partition coefficient (Wildman–Crippen LogP) is 1.33. The Morgan fingerprint density at radius 2 is 1.93 bits per heavy atom. The molecule has 0 radical (unpaired) electrons. The van der Waals surface area contributed by atoms with Crippen molar-refractivity contribution in [3.05, 3.63) is 0 Å². The van der Waals surface area contributed by atoms with Gasteiger partial charge in [0.1, 0.15) is 0 Å². The molecule has 1 saturated heterocycles. The summed E-state index contributed by atoms with van der Waals surface area (Å²) in [5, 5.41) is 0. The molecule has 1 heterocycles. The highest BCUT2D eigenvalue weighted by molar-refractivity contribution is 7.93. The van der Waals surface area contributed by atoms with Crippen LogP contribution in [0.2, 0.25) is 0 Å². The Hall–Kier alpha value is -0.0900. The SMILES string of the molecule is CC(C)(N)CC1CCS(=O)(=O)C1(C)C. The molecule has 1 fully saturated rings. The van der Waals surface area contributed by atoms with E-state index in [9.17, 15) is 8.42 Å². The van der Waals surface area contributed by atoms with Crippen LogP contribution in [0.1, 0.15) is 40.5 Å². The van der Waals surface area contributed by atoms with Gasteiger partial charge in [0.15, 0.2) is 9.84 Å². The molecule has 1 rings (SSSR count). The lowest BCUT2D eigenvalue weighted by Crippen LogP contribution is -2.41. The number of nitrogens with two attached hydrogens (primary N) is 1. The van der Waals surface area contributed by atoms with Crippen molar-refractivity contribution in [1.82, 2.24) is 0 Å². The Kier molecular flexibility index (Phi) is 2.74. The van der Waals surface area contributed by atoms with Crippen molar-refractivity contribution in [2.45, 2.75) is 50.8 Å². The lowest BCUT2D eigenvalue weighted by molar-refractivity contribution is 0.314. The number of hydrogen-bond acceptors (Lipinski definition) is 3. The van der Waals surface area contributed by atoms with Crippen molar-refractivity contribution in [3.63, 3.8) is 0 Å². The quantitative estimate of drug-likeness (QED) is 0.762. The van der Waals surface area contributed by atoms with Gasteiger partial charge >= 0.3 is 0 Å². The first-order chi connectivity index (χ1) is 6.06. The van der Waals surface area contributed by atoms with Crippen LogP contribution in [-0.2, 0) is 9.84 Å². The predicted molar refractivity (Wildman–Crippen MR) is 58.9 cm³/mol. The highest BCUT2D eigenvalue weighted by atomic mass is 32.2. The minimum absolute atomic E-state index is 0.201. The lowest BCUT2D eigenvalue weighted by atomic mass is 9.82. The van der Waals surface area contributed by atoms with Gasteiger partial charge in [0.25, 0.3) is 0 Å². The first-order valence-corrected chi connectivity index (χ1v) is 6.73. The van der Waals surface area contributed by atoms with E-state index in [0.29, 0.717) is 5.75 Å². The second kappa shape index (κ2) is 3.20. The summed E-state index contributed by atoms with van der Waals surface area (Å²) in [5.41, 5.74) is 5.65. The normalized spacial score (nSPS) is 30.5. The zero-order chi connectivity index (χ0) is 11.2. The molecule has 0 amide bonds. The number of sulfone groups is 1. The fourth-order valence-corrected chi connectivity index (χ4v) is 3.97. The molecule has 84 valence electrons. The fraction of sp³-hybridized carbons (Fsp3) is 1.00. The van der Waals surface area contributed by atoms with E-state index in [1.54, 1.807) is 0 Å². The molecule has 3 nitrogen and oxygen atoms in total. The van der Waals surface area contributed by atoms with E-state index in [1.807, 2.05) is 27.7 Å². The molecular formula is C10H21NO2S. The molecule has 1 aliphatic heterocycles. The summed E-state index contributed by atoms with van der Waals surface area (Å²) in [7, 11) is -2.90. The summed E-state index contributed by atoms with van der Waals surface area (Å²) < 4.78 is 22.9. The minimum Gasteiger partial charge on any atom is -0.326 e. The van der Waals surface area contributed by atoms with Gasteiger partial charge in [-0.3, -0.25) is 0 Å². The molecule has 1 aliphatic rings. The molecule has 0 aromatic carbocycles. The highest BCUT2D eigenvalue weighted by Crippen LogP contribution is 2.40. The third kappa shape index (κ3) is 2.11. The molecule has 0 spiro atoms. The summed E-state index contributed by atoms with van der Waals surface area (Å²) in [5.74, 6) is 0.522. The van der Waals surface area contributed by atoms with Crippen LogP contribution in [0.15, 0.2) is 0 Å². The van der Waals surface area contributed by atoms with Gasteiger partial charge in [-0.2, -0.15) is 0 Å². The molecule has 0 bridgehead atoms. The molecule has 14 heavy (non-hydrogen) atoms. The van der Waals surface area contributed by atoms with Gasteiger partial charge in [-0.05, 0) is 46.5 Å². The first kappa shape index (κ1) is 12.0. The highest BCUT2D eigenvalue weighted by Gasteiger charge is 2.48. The molecule has 0 aliphatic carbocycles. The van der Waals surface area contributed by atoms with E-state index in [1.165, 1.54) is 0 Å². The van der Waals surface area contributed by atoms with Crippen LogP contribution in [-0.4, -0.2) is 24.5 Å². The van der Waals surface area contributed by atoms with Crippen molar-refractivity contribution in [2.75, 3.05) is 5.75 Å². The molecule has 0 aromatic heterocycles. The van der Waals surface area contributed by atoms with E-state index < -0.39 is 14.6 Å². The van der Waals surface area contributed by atoms with Gasteiger partial charge in [-0.15, -0.1) is 0 Å². The maximum Gasteiger partial charge on any atom is 0.155 e. The van der Waals surface area contributed by atoms with Gasteiger partial charge in [-0.25, -0.2) is 8.42 Å². The summed E-state index contributed by atoms with van der Waals surface area (Å²) in [6.45, 7) is 7.56. The van der Waals surface area contributed by atoms with Crippen molar-refractivity contribution in [1.29, 1.82) is 0 Å². The molecular weight excluding hydrogens is 198 g/mol. The zero-order valence-electron chi connectivity index (χ0n) is 9.50. The van der Waals surface area contributed by atoms with E-state index in [2.05, 4.69) is 0 Å². The Morgan fingerprint density at radius 3 is 2.21 bits per heavy atom. The summed E-state index contributed by atoms with van der Waals surface area (Å²) in [6.07, 6.45) is 1.54. The molecule has 4 heteroatoms. The average molecular weight is 219 g/mol. The van der Waals surface area contributed by atoms with Gasteiger partial charge in [0, 0.05) is 5.54 Å². The first-order valence-electron chi connectivity index (χ1n) is 5.07. The number of hydrogen-bond donors (Lipinski definition) is 1. The number of rotatable bonds is 2. The minimum atomic E-state index is -2.90. The monoisotopic (exact) mass is 219 g/mol. The van der Waals surface area contributed by atoms with Crippen LogP contribution in [0, 0.1) is 5.92 Å². The Bertz CT molecular complexity index is 312. The maximum absolute atomic E-state index is 11.7. The van der Waals surface area contributed by atoms with Crippen LogP contribution in [0.25, 0.3) is 0 Å². The van der Waals surface area contributed by atoms with Crippen LogP contribution in [0.5, 0.6) is 0 Å². The zero-order valence-corrected chi connectivity index (χ0v) is 10.3. The molecule has 1 atom stereocenters. The third-order valence-corrected chi connectivity index (χ3v) is 6.00. The van der Waals surface area contributed by atoms with Crippen molar-refractivity contribution < 1.29 is 8.42 Å². The van der Waals surface area contributed by atoms with Gasteiger partial charge in [0.05, 0.1) is 10.5 Å². The maximum atomic E-state index is 11.7. The van der Waals surface area contributed by atoms with Crippen LogP contribution >= 0.6 is 0 Å². The summed E-state index contributed by atoms with van der Waals surface area (Å²) in [4.78, 5) is 0. The fourth-order valence-electron chi connectivity index (χ4n) is 2.14. The lowest BCUT2D eigenvalue weighted by Gasteiger charge is -2.31. The standard InChI is InChI=1S/C10H21NO2S/c1-9(2,11)7-8-5-6-14(12,13)10(8,3)4/h8H,5-7,11H2,1-4H3. The summed E-state index contributed by atoms with van der Waals surface area (Å²) >= 11 is 0. The molecule has 0 saturated carbocycles. The smallest absolute Gasteiger partial charge is 0.155 e. The van der Waals surface area contributed by atoms with Crippen LogP contribution < -0.4 is 5.73 Å². The summed E-state index contributed by atoms with van der Waals surface area (Å²) in [6, 6.07) is 0. The average Bonchev–Trinajstić information content (AvgIpc) is 2.10. The van der Waals surface area contributed by atoms with Crippen LogP contribution in [0.4, 0.5) is 0 Å².